The van der Waals surface area contributed by atoms with Crippen LogP contribution >= 0.6 is 0 Å². The van der Waals surface area contributed by atoms with Crippen LogP contribution in [0.1, 0.15) is 0 Å². The second kappa shape index (κ2) is 15.5. The van der Waals surface area contributed by atoms with Crippen molar-refractivity contribution in [1.82, 2.24) is 0 Å². The predicted octanol–water partition coefficient (Wildman–Crippen LogP) is 15.9. The summed E-state index contributed by atoms with van der Waals surface area (Å²) in [5, 5.41) is 26.9. The highest BCUT2D eigenvalue weighted by Gasteiger charge is 2.30. The lowest BCUT2D eigenvalue weighted by Crippen LogP contribution is -2.53. The second-order valence-electron chi connectivity index (χ2n) is 19.9. The van der Waals surface area contributed by atoms with Gasteiger partial charge in [0.25, 0.3) is 0 Å². The molecule has 0 atom stereocenters. The van der Waals surface area contributed by atoms with Crippen molar-refractivity contribution in [2.45, 2.75) is 26.2 Å². The molecule has 0 amide bonds. The van der Waals surface area contributed by atoms with Crippen LogP contribution in [0.15, 0.2) is 231 Å². The van der Waals surface area contributed by atoms with Crippen LogP contribution < -0.4 is 20.7 Å². The van der Waals surface area contributed by atoms with E-state index < -0.39 is 16.1 Å². The first-order chi connectivity index (χ1) is 33.3. The molecule has 0 N–H and O–H groups in total. The minimum Gasteiger partial charge on any atom is -0.0620 e. The summed E-state index contributed by atoms with van der Waals surface area (Å²) in [7, 11) is -4.23. The molecule has 0 saturated carbocycles. The van der Waals surface area contributed by atoms with Gasteiger partial charge in [0.2, 0.25) is 0 Å². The molecule has 0 aliphatic rings. The molecular formula is C66H50Si2. The second-order valence-corrected chi connectivity index (χ2v) is 28.7. The van der Waals surface area contributed by atoms with Crippen molar-refractivity contribution in [2.75, 3.05) is 0 Å². The summed E-state index contributed by atoms with van der Waals surface area (Å²) >= 11 is 0. The number of hydrogen-bond acceptors (Lipinski definition) is 0. The Kier molecular flexibility index (Phi) is 9.24. The fourth-order valence-corrected chi connectivity index (χ4v) is 17.4. The topological polar surface area (TPSA) is 0 Å². The maximum atomic E-state index is 2.52. The van der Waals surface area contributed by atoms with Gasteiger partial charge < -0.3 is 0 Å². The average Bonchev–Trinajstić information content (AvgIpc) is 3.39. The Morgan fingerprint density at radius 1 is 0.206 bits per heavy atom. The third-order valence-electron chi connectivity index (χ3n) is 15.6. The van der Waals surface area contributed by atoms with Crippen LogP contribution in [-0.2, 0) is 0 Å². The monoisotopic (exact) mass is 898 g/mol. The summed E-state index contributed by atoms with van der Waals surface area (Å²) in [5.41, 5.74) is 5.12. The van der Waals surface area contributed by atoms with Crippen LogP contribution in [0.4, 0.5) is 0 Å². The number of rotatable bonds is 6. The van der Waals surface area contributed by atoms with E-state index in [1.54, 1.807) is 0 Å². The van der Waals surface area contributed by atoms with E-state index in [4.69, 9.17) is 0 Å². The highest BCUT2D eigenvalue weighted by molar-refractivity contribution is 7.02. The molecule has 0 bridgehead atoms. The lowest BCUT2D eigenvalue weighted by Gasteiger charge is -2.27. The first kappa shape index (κ1) is 40.6. The van der Waals surface area contributed by atoms with Crippen LogP contribution in [0.3, 0.4) is 0 Å². The Bertz CT molecular complexity index is 3850. The molecule has 0 heterocycles. The van der Waals surface area contributed by atoms with E-state index in [1.165, 1.54) is 129 Å². The molecule has 322 valence electrons. The zero-order valence-electron chi connectivity index (χ0n) is 38.9. The maximum absolute atomic E-state index is 2.52. The van der Waals surface area contributed by atoms with Gasteiger partial charge in [-0.25, -0.2) is 0 Å². The summed E-state index contributed by atoms with van der Waals surface area (Å²) in [6.45, 7) is 10.1. The molecule has 0 aromatic heterocycles. The summed E-state index contributed by atoms with van der Waals surface area (Å²) in [4.78, 5) is 0. The third-order valence-corrected chi connectivity index (χ3v) is 22.8. The number of fused-ring (bicyclic) bond motifs is 12. The fraction of sp³-hybridized carbons (Fsp3) is 0.0606. The van der Waals surface area contributed by atoms with E-state index >= 15 is 0 Å². The van der Waals surface area contributed by atoms with Crippen LogP contribution in [0.5, 0.6) is 0 Å². The third kappa shape index (κ3) is 6.18. The summed E-state index contributed by atoms with van der Waals surface area (Å²) in [6.07, 6.45) is 0. The largest absolute Gasteiger partial charge is 0.113 e. The van der Waals surface area contributed by atoms with E-state index in [2.05, 4.69) is 257 Å². The van der Waals surface area contributed by atoms with E-state index in [1.807, 2.05) is 0 Å². The van der Waals surface area contributed by atoms with Gasteiger partial charge in [-0.2, -0.15) is 0 Å². The van der Waals surface area contributed by atoms with Crippen molar-refractivity contribution in [3.05, 3.63) is 231 Å². The lowest BCUT2D eigenvalue weighted by molar-refractivity contribution is 1.65. The van der Waals surface area contributed by atoms with Gasteiger partial charge in [0.15, 0.2) is 0 Å². The Morgan fingerprint density at radius 3 is 0.868 bits per heavy atom. The molecule has 2 heteroatoms. The molecule has 0 unspecified atom stereocenters. The van der Waals surface area contributed by atoms with Gasteiger partial charge in [-0.1, -0.05) is 267 Å². The van der Waals surface area contributed by atoms with Gasteiger partial charge in [-0.3, -0.25) is 0 Å². The zero-order valence-corrected chi connectivity index (χ0v) is 40.9. The molecule has 0 nitrogen and oxygen atoms in total. The van der Waals surface area contributed by atoms with Gasteiger partial charge in [-0.15, -0.1) is 0 Å². The smallest absolute Gasteiger partial charge is 0.0620 e. The normalized spacial score (nSPS) is 12.4. The quantitative estimate of drug-likeness (QED) is 0.0886. The molecule has 13 aromatic rings. The van der Waals surface area contributed by atoms with Gasteiger partial charge >= 0.3 is 0 Å². The molecule has 0 aliphatic heterocycles. The summed E-state index contributed by atoms with van der Waals surface area (Å²) in [5.74, 6) is 0. The Morgan fingerprint density at radius 2 is 0.485 bits per heavy atom. The van der Waals surface area contributed by atoms with E-state index in [0.29, 0.717) is 0 Å². The summed E-state index contributed by atoms with van der Waals surface area (Å²) < 4.78 is 0. The van der Waals surface area contributed by atoms with Gasteiger partial charge in [0.05, 0.1) is 0 Å². The minimum atomic E-state index is -2.12. The summed E-state index contributed by atoms with van der Waals surface area (Å²) in [6, 6.07) is 87.5. The fourth-order valence-electron chi connectivity index (χ4n) is 12.0. The van der Waals surface area contributed by atoms with E-state index in [-0.39, 0.29) is 0 Å². The first-order valence-corrected chi connectivity index (χ1v) is 30.1. The highest BCUT2D eigenvalue weighted by atomic mass is 28.3. The highest BCUT2D eigenvalue weighted by Crippen LogP contribution is 2.44. The van der Waals surface area contributed by atoms with Crippen molar-refractivity contribution in [2.24, 2.45) is 0 Å². The molecule has 0 radical (unpaired) electrons. The van der Waals surface area contributed by atoms with Crippen LogP contribution in [-0.4, -0.2) is 16.1 Å². The first-order valence-electron chi connectivity index (χ1n) is 24.1. The Hall–Kier alpha value is -7.63. The van der Waals surface area contributed by atoms with Crippen molar-refractivity contribution >= 4 is 123 Å². The van der Waals surface area contributed by atoms with Crippen molar-refractivity contribution < 1.29 is 0 Å². The molecule has 13 aromatic carbocycles. The standard InChI is InChI=1S/C66H50Si2/c1-67(2,63-25-13-23-51-55-37-31-43-15-5-7-17-49(43)53(55)39-41-57(51)63)47-33-27-45(28-34-47)65-59-19-9-11-21-61(59)66(62-22-12-10-20-60(62)65)46-29-35-48(36-30-46)68(3,4)64-26-14-24-52-56-38-32-44-16-6-8-18-50(44)54(56)40-42-58(52)64/h5-42H,1-4H3. The van der Waals surface area contributed by atoms with Crippen molar-refractivity contribution in [3.63, 3.8) is 0 Å². The van der Waals surface area contributed by atoms with Gasteiger partial charge in [-0.05, 0) is 119 Å². The minimum absolute atomic E-state index is 1.26. The van der Waals surface area contributed by atoms with Crippen LogP contribution in [0.25, 0.3) is 108 Å². The van der Waals surface area contributed by atoms with Gasteiger partial charge in [0, 0.05) is 0 Å². The number of benzene rings is 13. The van der Waals surface area contributed by atoms with Crippen molar-refractivity contribution in [1.29, 1.82) is 0 Å². The number of hydrogen-bond donors (Lipinski definition) is 0. The Balaban J connectivity index is 0.877. The predicted molar refractivity (Wildman–Crippen MR) is 304 cm³/mol. The van der Waals surface area contributed by atoms with Crippen LogP contribution in [0, 0.1) is 0 Å². The zero-order chi connectivity index (χ0) is 45.7. The van der Waals surface area contributed by atoms with Gasteiger partial charge in [0.1, 0.15) is 16.1 Å². The molecule has 0 fully saturated rings. The molecule has 0 aliphatic carbocycles. The van der Waals surface area contributed by atoms with E-state index in [0.717, 1.165) is 0 Å². The molecule has 68 heavy (non-hydrogen) atoms. The molecule has 0 spiro atoms. The van der Waals surface area contributed by atoms with E-state index in [9.17, 15) is 0 Å². The molecular weight excluding hydrogens is 849 g/mol. The molecule has 13 rings (SSSR count). The maximum Gasteiger partial charge on any atom is 0.113 e. The van der Waals surface area contributed by atoms with Crippen LogP contribution in [0.2, 0.25) is 26.2 Å². The average molecular weight is 899 g/mol. The molecule has 0 saturated heterocycles. The van der Waals surface area contributed by atoms with Crippen molar-refractivity contribution in [3.8, 4) is 22.3 Å². The SMILES string of the molecule is C[Si](C)(c1ccc(-c2c3ccccc3c(-c3ccc([Si](C)(C)c4cccc5c4ccc4c6ccccc6ccc54)cc3)c3ccccc23)cc1)c1cccc2c1ccc1c3ccccc3ccc21. The Labute approximate surface area is 399 Å². The lowest BCUT2D eigenvalue weighted by atomic mass is 9.86.